The van der Waals surface area contributed by atoms with Crippen molar-refractivity contribution in [2.45, 2.75) is 6.54 Å². The first-order valence-corrected chi connectivity index (χ1v) is 6.44. The summed E-state index contributed by atoms with van der Waals surface area (Å²) in [5.41, 5.74) is 0.718. The van der Waals surface area contributed by atoms with Gasteiger partial charge in [-0.05, 0) is 23.8 Å². The summed E-state index contributed by atoms with van der Waals surface area (Å²) in [5, 5.41) is 5.28. The fourth-order valence-corrected chi connectivity index (χ4v) is 1.94. The van der Waals surface area contributed by atoms with Gasteiger partial charge in [0.15, 0.2) is 0 Å². The van der Waals surface area contributed by atoms with Crippen molar-refractivity contribution in [2.75, 3.05) is 12.4 Å². The van der Waals surface area contributed by atoms with Crippen LogP contribution < -0.4 is 10.6 Å². The summed E-state index contributed by atoms with van der Waals surface area (Å²) in [7, 11) is 1.58. The van der Waals surface area contributed by atoms with Gasteiger partial charge in [-0.15, -0.1) is 0 Å². The van der Waals surface area contributed by atoms with E-state index in [-0.39, 0.29) is 22.9 Å². The second-order valence-corrected chi connectivity index (χ2v) is 4.64. The van der Waals surface area contributed by atoms with Crippen LogP contribution in [0.1, 0.15) is 15.9 Å². The van der Waals surface area contributed by atoms with Crippen molar-refractivity contribution in [3.63, 3.8) is 0 Å². The van der Waals surface area contributed by atoms with Crippen molar-refractivity contribution in [1.82, 2.24) is 10.3 Å². The van der Waals surface area contributed by atoms with E-state index in [4.69, 9.17) is 11.6 Å². The van der Waals surface area contributed by atoms with Crippen molar-refractivity contribution < 1.29 is 13.6 Å². The molecule has 0 radical (unpaired) electrons. The lowest BCUT2D eigenvalue weighted by atomic mass is 10.2. The average molecular weight is 312 g/mol. The zero-order chi connectivity index (χ0) is 15.4. The Hall–Kier alpha value is -2.21. The van der Waals surface area contributed by atoms with Crippen LogP contribution in [0, 0.1) is 11.6 Å². The summed E-state index contributed by atoms with van der Waals surface area (Å²) in [6.45, 7) is 0.137. The minimum absolute atomic E-state index is 0.0231. The van der Waals surface area contributed by atoms with Crippen LogP contribution in [-0.4, -0.2) is 17.9 Å². The van der Waals surface area contributed by atoms with Gasteiger partial charge >= 0.3 is 0 Å². The molecule has 1 aromatic carbocycles. The monoisotopic (exact) mass is 311 g/mol. The van der Waals surface area contributed by atoms with Gasteiger partial charge in [-0.25, -0.2) is 13.8 Å². The van der Waals surface area contributed by atoms with Gasteiger partial charge in [-0.3, -0.25) is 4.79 Å². The summed E-state index contributed by atoms with van der Waals surface area (Å²) < 4.78 is 26.2. The molecule has 1 amide bonds. The van der Waals surface area contributed by atoms with E-state index < -0.39 is 17.5 Å². The number of hydrogen-bond donors (Lipinski definition) is 2. The van der Waals surface area contributed by atoms with Crippen LogP contribution in [0.3, 0.4) is 0 Å². The summed E-state index contributed by atoms with van der Waals surface area (Å²) in [6.07, 6.45) is 1.02. The van der Waals surface area contributed by atoms with Crippen molar-refractivity contribution >= 4 is 23.3 Å². The highest BCUT2D eigenvalue weighted by molar-refractivity contribution is 6.30. The van der Waals surface area contributed by atoms with E-state index in [2.05, 4.69) is 15.6 Å². The molecule has 2 N–H and O–H groups in total. The number of halogens is 3. The first-order valence-electron chi connectivity index (χ1n) is 6.06. The van der Waals surface area contributed by atoms with E-state index >= 15 is 0 Å². The SMILES string of the molecule is CNc1ncc(F)cc1C(=O)NCc1ccc(F)c(Cl)c1. The lowest BCUT2D eigenvalue weighted by Gasteiger charge is -2.09. The molecule has 0 aliphatic carbocycles. The minimum atomic E-state index is -0.607. The fraction of sp³-hybridized carbons (Fsp3) is 0.143. The maximum atomic E-state index is 13.2. The second-order valence-electron chi connectivity index (χ2n) is 4.23. The van der Waals surface area contributed by atoms with E-state index in [1.807, 2.05) is 0 Å². The van der Waals surface area contributed by atoms with Crippen LogP contribution in [0.15, 0.2) is 30.5 Å². The summed E-state index contributed by atoms with van der Waals surface area (Å²) in [5.74, 6) is -1.36. The third-order valence-corrected chi connectivity index (χ3v) is 3.06. The van der Waals surface area contributed by atoms with Crippen molar-refractivity contribution in [1.29, 1.82) is 0 Å². The Labute approximate surface area is 125 Å². The molecule has 1 aromatic heterocycles. The molecule has 0 fully saturated rings. The predicted molar refractivity (Wildman–Crippen MR) is 76.3 cm³/mol. The molecule has 0 saturated heterocycles. The molecule has 4 nitrogen and oxygen atoms in total. The number of rotatable bonds is 4. The van der Waals surface area contributed by atoms with Crippen LogP contribution >= 0.6 is 11.6 Å². The van der Waals surface area contributed by atoms with Crippen LogP contribution in [0.2, 0.25) is 5.02 Å². The quantitative estimate of drug-likeness (QED) is 0.912. The molecule has 0 aliphatic heterocycles. The maximum Gasteiger partial charge on any atom is 0.255 e. The average Bonchev–Trinajstić information content (AvgIpc) is 2.48. The Morgan fingerprint density at radius 2 is 2.10 bits per heavy atom. The second kappa shape index (κ2) is 6.49. The summed E-state index contributed by atoms with van der Waals surface area (Å²) in [6, 6.07) is 5.22. The molecule has 2 aromatic rings. The molecule has 1 heterocycles. The van der Waals surface area contributed by atoms with Crippen molar-refractivity contribution in [3.05, 3.63) is 58.2 Å². The van der Waals surface area contributed by atoms with E-state index in [9.17, 15) is 13.6 Å². The first kappa shape index (κ1) is 15.2. The number of aromatic nitrogens is 1. The van der Waals surface area contributed by atoms with Gasteiger partial charge in [0.05, 0.1) is 16.8 Å². The Kier molecular flexibility index (Phi) is 4.70. The standard InChI is InChI=1S/C14H12ClF2N3O/c1-18-13-10(5-9(16)7-19-13)14(21)20-6-8-2-3-12(17)11(15)4-8/h2-5,7H,6H2,1H3,(H,18,19)(H,20,21). The van der Waals surface area contributed by atoms with Gasteiger partial charge in [-0.1, -0.05) is 17.7 Å². The van der Waals surface area contributed by atoms with Gasteiger partial charge in [0.25, 0.3) is 5.91 Å². The molecule has 0 spiro atoms. The highest BCUT2D eigenvalue weighted by atomic mass is 35.5. The zero-order valence-electron chi connectivity index (χ0n) is 11.1. The number of carbonyl (C=O) groups is 1. The van der Waals surface area contributed by atoms with Gasteiger partial charge in [0, 0.05) is 13.6 Å². The van der Waals surface area contributed by atoms with Crippen LogP contribution in [-0.2, 0) is 6.54 Å². The predicted octanol–water partition coefficient (Wildman–Crippen LogP) is 2.98. The van der Waals surface area contributed by atoms with Gasteiger partial charge in [-0.2, -0.15) is 0 Å². The van der Waals surface area contributed by atoms with E-state index in [0.29, 0.717) is 5.56 Å². The zero-order valence-corrected chi connectivity index (χ0v) is 11.8. The largest absolute Gasteiger partial charge is 0.372 e. The fourth-order valence-electron chi connectivity index (χ4n) is 1.74. The highest BCUT2D eigenvalue weighted by Gasteiger charge is 2.13. The third kappa shape index (κ3) is 3.66. The lowest BCUT2D eigenvalue weighted by molar-refractivity contribution is 0.0951. The molecular formula is C14H12ClF2N3O. The molecule has 110 valence electrons. The number of carbonyl (C=O) groups excluding carboxylic acids is 1. The van der Waals surface area contributed by atoms with Crippen molar-refractivity contribution in [3.8, 4) is 0 Å². The molecular weight excluding hydrogens is 300 g/mol. The Morgan fingerprint density at radius 1 is 1.33 bits per heavy atom. The topological polar surface area (TPSA) is 54.0 Å². The van der Waals surface area contributed by atoms with E-state index in [1.165, 1.54) is 18.2 Å². The number of anilines is 1. The number of nitrogens with one attached hydrogen (secondary N) is 2. The highest BCUT2D eigenvalue weighted by Crippen LogP contribution is 2.17. The molecule has 7 heteroatoms. The van der Waals surface area contributed by atoms with Crippen LogP contribution in [0.4, 0.5) is 14.6 Å². The van der Waals surface area contributed by atoms with Crippen molar-refractivity contribution in [2.24, 2.45) is 0 Å². The molecule has 0 unspecified atom stereocenters. The Morgan fingerprint density at radius 3 is 2.76 bits per heavy atom. The molecule has 21 heavy (non-hydrogen) atoms. The van der Waals surface area contributed by atoms with Crippen LogP contribution in [0.25, 0.3) is 0 Å². The summed E-state index contributed by atoms with van der Waals surface area (Å²) in [4.78, 5) is 15.8. The number of amides is 1. The first-order chi connectivity index (χ1) is 10.0. The smallest absolute Gasteiger partial charge is 0.255 e. The molecule has 0 bridgehead atoms. The molecule has 0 atom stereocenters. The maximum absolute atomic E-state index is 13.2. The number of pyridine rings is 1. The number of nitrogens with zero attached hydrogens (tertiary/aromatic N) is 1. The van der Waals surface area contributed by atoms with Crippen LogP contribution in [0.5, 0.6) is 0 Å². The molecule has 0 saturated carbocycles. The molecule has 0 aliphatic rings. The van der Waals surface area contributed by atoms with Gasteiger partial charge in [0.2, 0.25) is 0 Å². The minimum Gasteiger partial charge on any atom is -0.372 e. The van der Waals surface area contributed by atoms with Gasteiger partial charge in [0.1, 0.15) is 17.5 Å². The normalized spacial score (nSPS) is 10.3. The Balaban J connectivity index is 2.11. The summed E-state index contributed by atoms with van der Waals surface area (Å²) >= 11 is 5.66. The van der Waals surface area contributed by atoms with E-state index in [0.717, 1.165) is 12.3 Å². The number of hydrogen-bond acceptors (Lipinski definition) is 3. The lowest BCUT2D eigenvalue weighted by Crippen LogP contribution is -2.24. The van der Waals surface area contributed by atoms with E-state index in [1.54, 1.807) is 7.05 Å². The third-order valence-electron chi connectivity index (χ3n) is 2.77. The molecule has 2 rings (SSSR count). The Bertz CT molecular complexity index is 679. The number of benzene rings is 1. The van der Waals surface area contributed by atoms with Gasteiger partial charge < -0.3 is 10.6 Å².